The predicted octanol–water partition coefficient (Wildman–Crippen LogP) is 6.02. The van der Waals surface area contributed by atoms with Gasteiger partial charge < -0.3 is 10.0 Å². The van der Waals surface area contributed by atoms with E-state index in [1.54, 1.807) is 6.07 Å². The molecule has 0 radical (unpaired) electrons. The van der Waals surface area contributed by atoms with Crippen LogP contribution in [0.3, 0.4) is 0 Å². The Morgan fingerprint density at radius 1 is 1.18 bits per heavy atom. The second kappa shape index (κ2) is 13.7. The fourth-order valence-electron chi connectivity index (χ4n) is 8.06. The van der Waals surface area contributed by atoms with Gasteiger partial charge in [-0.25, -0.2) is 4.39 Å². The van der Waals surface area contributed by atoms with E-state index in [1.807, 2.05) is 27.0 Å². The molecule has 2 aromatic rings. The van der Waals surface area contributed by atoms with Gasteiger partial charge in [-0.1, -0.05) is 26.0 Å². The molecule has 1 aromatic carbocycles. The number of hydrogen-bond acceptors (Lipinski definition) is 4. The minimum atomic E-state index is -0.758. The highest BCUT2D eigenvalue weighted by Gasteiger charge is 2.46. The summed E-state index contributed by atoms with van der Waals surface area (Å²) in [5.41, 5.74) is 5.45. The zero-order chi connectivity index (χ0) is 26.5. The summed E-state index contributed by atoms with van der Waals surface area (Å²) in [4.78, 5) is 16.8. The van der Waals surface area contributed by atoms with Crippen LogP contribution in [-0.4, -0.2) is 69.4 Å². The van der Waals surface area contributed by atoms with Crippen molar-refractivity contribution in [1.29, 1.82) is 0 Å². The van der Waals surface area contributed by atoms with Crippen LogP contribution in [0.1, 0.15) is 74.4 Å². The van der Waals surface area contributed by atoms with Gasteiger partial charge in [-0.15, -0.1) is 37.2 Å². The molecular formula is C30H46Cl3FN4O2. The van der Waals surface area contributed by atoms with Gasteiger partial charge in [0, 0.05) is 30.7 Å². The standard InChI is InChI=1S/C30H43FN4O2.3ClH/c1-19(2)27(29(36)37)33(4)24-16-22(26(17-24)21-7-6-8-23(31)15-21)18-35-13-11-30(12-14-35)10-9-25-20(3)32-34(5)28(25)30;;;/h6-8,15,19,22,24,26-27H,9-14,16-18H2,1-5H3,(H,36,37);3*1H/t22-,24+,26-,27-;;;/m1.../s1. The molecule has 2 fully saturated rings. The first kappa shape index (κ1) is 34.8. The fraction of sp³-hybridized carbons (Fsp3) is 0.667. The molecule has 0 bridgehead atoms. The summed E-state index contributed by atoms with van der Waals surface area (Å²) in [6.45, 7) is 9.22. The Hall–Kier alpha value is -1.38. The van der Waals surface area contributed by atoms with Gasteiger partial charge in [0.15, 0.2) is 0 Å². The maximum Gasteiger partial charge on any atom is 0.321 e. The molecule has 1 spiro atoms. The Bertz CT molecular complexity index is 1150. The van der Waals surface area contributed by atoms with Crippen molar-refractivity contribution in [1.82, 2.24) is 19.6 Å². The Kier molecular flexibility index (Phi) is 12.0. The number of likely N-dealkylation sites (N-methyl/N-ethyl adjacent to an activating group) is 1. The van der Waals surface area contributed by atoms with Crippen molar-refractivity contribution < 1.29 is 14.3 Å². The number of aryl methyl sites for hydroxylation is 2. The van der Waals surface area contributed by atoms with Crippen LogP contribution in [-0.2, 0) is 23.7 Å². The summed E-state index contributed by atoms with van der Waals surface area (Å²) in [5, 5.41) is 14.6. The summed E-state index contributed by atoms with van der Waals surface area (Å²) in [6, 6.07) is 6.73. The molecule has 0 amide bonds. The van der Waals surface area contributed by atoms with Gasteiger partial charge in [-0.3, -0.25) is 14.4 Å². The molecule has 10 heteroatoms. The van der Waals surface area contributed by atoms with E-state index in [2.05, 4.69) is 34.5 Å². The van der Waals surface area contributed by atoms with Crippen LogP contribution in [0.2, 0.25) is 0 Å². The highest BCUT2D eigenvalue weighted by Crippen LogP contribution is 2.48. The lowest BCUT2D eigenvalue weighted by molar-refractivity contribution is -0.145. The van der Waals surface area contributed by atoms with Crippen LogP contribution < -0.4 is 0 Å². The molecule has 2 aliphatic carbocycles. The van der Waals surface area contributed by atoms with E-state index in [1.165, 1.54) is 29.4 Å². The lowest BCUT2D eigenvalue weighted by atomic mass is 9.75. The monoisotopic (exact) mass is 618 g/mol. The molecule has 1 aliphatic heterocycles. The fourth-order valence-corrected chi connectivity index (χ4v) is 8.06. The number of carboxylic acids is 1. The molecular weight excluding hydrogens is 574 g/mol. The number of hydrogen-bond donors (Lipinski definition) is 1. The zero-order valence-electron chi connectivity index (χ0n) is 24.3. The van der Waals surface area contributed by atoms with Crippen molar-refractivity contribution in [3.63, 3.8) is 0 Å². The van der Waals surface area contributed by atoms with Gasteiger partial charge in [0.1, 0.15) is 11.9 Å². The highest BCUT2D eigenvalue weighted by atomic mass is 35.5. The van der Waals surface area contributed by atoms with E-state index < -0.39 is 12.0 Å². The molecule has 3 aliphatic rings. The van der Waals surface area contributed by atoms with Gasteiger partial charge in [0.2, 0.25) is 0 Å². The number of aliphatic carboxylic acids is 1. The minimum Gasteiger partial charge on any atom is -0.480 e. The highest BCUT2D eigenvalue weighted by molar-refractivity contribution is 5.86. The van der Waals surface area contributed by atoms with Gasteiger partial charge >= 0.3 is 5.97 Å². The van der Waals surface area contributed by atoms with Gasteiger partial charge in [-0.2, -0.15) is 5.10 Å². The number of likely N-dealkylation sites (tertiary alicyclic amines) is 1. The predicted molar refractivity (Wildman–Crippen MR) is 165 cm³/mol. The number of rotatable bonds is 7. The number of piperidine rings is 1. The summed E-state index contributed by atoms with van der Waals surface area (Å²) in [5.74, 6) is -0.311. The van der Waals surface area contributed by atoms with Crippen molar-refractivity contribution in [2.75, 3.05) is 26.7 Å². The van der Waals surface area contributed by atoms with Crippen LogP contribution in [0.15, 0.2) is 24.3 Å². The van der Waals surface area contributed by atoms with Crippen molar-refractivity contribution in [3.05, 3.63) is 52.6 Å². The van der Waals surface area contributed by atoms with Crippen LogP contribution in [0.4, 0.5) is 4.39 Å². The number of carbonyl (C=O) groups is 1. The summed E-state index contributed by atoms with van der Waals surface area (Å²) < 4.78 is 16.4. The molecule has 226 valence electrons. The SMILES string of the molecule is Cc1nn(C)c2c1CCC21CCN(C[C@H]2C[C@H](N(C)[C@@H](C(=O)O)C(C)C)C[C@@H]2c2cccc(F)c2)CC1.Cl.Cl.Cl. The van der Waals surface area contributed by atoms with Crippen molar-refractivity contribution in [3.8, 4) is 0 Å². The van der Waals surface area contributed by atoms with Crippen LogP contribution in [0.25, 0.3) is 0 Å². The largest absolute Gasteiger partial charge is 0.480 e. The molecule has 0 unspecified atom stereocenters. The number of aromatic nitrogens is 2. The van der Waals surface area contributed by atoms with E-state index in [9.17, 15) is 14.3 Å². The van der Waals surface area contributed by atoms with Gasteiger partial charge in [-0.05, 0) is 107 Å². The van der Waals surface area contributed by atoms with Crippen molar-refractivity contribution in [2.45, 2.75) is 82.7 Å². The first-order valence-electron chi connectivity index (χ1n) is 14.0. The molecule has 2 heterocycles. The Labute approximate surface area is 257 Å². The molecule has 1 N–H and O–H groups in total. The topological polar surface area (TPSA) is 61.6 Å². The zero-order valence-corrected chi connectivity index (χ0v) is 26.8. The van der Waals surface area contributed by atoms with Crippen LogP contribution in [0, 0.1) is 24.6 Å². The third-order valence-electron chi connectivity index (χ3n) is 9.85. The number of benzene rings is 1. The van der Waals surface area contributed by atoms with Crippen LogP contribution in [0.5, 0.6) is 0 Å². The number of halogens is 4. The molecule has 1 saturated carbocycles. The van der Waals surface area contributed by atoms with E-state index in [0.717, 1.165) is 57.3 Å². The summed E-state index contributed by atoms with van der Waals surface area (Å²) in [7, 11) is 4.07. The lowest BCUT2D eigenvalue weighted by Crippen LogP contribution is -2.47. The van der Waals surface area contributed by atoms with E-state index >= 15 is 0 Å². The first-order chi connectivity index (χ1) is 17.6. The summed E-state index contributed by atoms with van der Waals surface area (Å²) in [6.07, 6.45) is 6.52. The second-order valence-electron chi connectivity index (χ2n) is 12.4. The van der Waals surface area contributed by atoms with E-state index in [0.29, 0.717) is 5.92 Å². The summed E-state index contributed by atoms with van der Waals surface area (Å²) >= 11 is 0. The van der Waals surface area contributed by atoms with Gasteiger partial charge in [0.25, 0.3) is 0 Å². The average Bonchev–Trinajstić information content (AvgIpc) is 3.50. The molecule has 1 saturated heterocycles. The minimum absolute atomic E-state index is 0. The third-order valence-corrected chi connectivity index (χ3v) is 9.85. The smallest absolute Gasteiger partial charge is 0.321 e. The Balaban J connectivity index is 0.00000187. The number of carboxylic acid groups (broad SMARTS) is 1. The first-order valence-corrected chi connectivity index (χ1v) is 14.0. The third kappa shape index (κ3) is 6.49. The Morgan fingerprint density at radius 3 is 2.45 bits per heavy atom. The van der Waals surface area contributed by atoms with E-state index in [-0.39, 0.29) is 66.3 Å². The quantitative estimate of drug-likeness (QED) is 0.411. The normalized spacial score (nSPS) is 24.4. The Morgan fingerprint density at radius 2 is 1.85 bits per heavy atom. The van der Waals surface area contributed by atoms with Crippen molar-refractivity contribution in [2.24, 2.45) is 18.9 Å². The molecule has 4 atom stereocenters. The molecule has 5 rings (SSSR count). The maximum atomic E-state index is 14.2. The second-order valence-corrected chi connectivity index (χ2v) is 12.4. The molecule has 6 nitrogen and oxygen atoms in total. The lowest BCUT2D eigenvalue weighted by Gasteiger charge is -2.41. The van der Waals surface area contributed by atoms with E-state index in [4.69, 9.17) is 5.10 Å². The van der Waals surface area contributed by atoms with Crippen LogP contribution >= 0.6 is 37.2 Å². The maximum absolute atomic E-state index is 14.2. The average molecular weight is 620 g/mol. The number of nitrogens with zero attached hydrogens (tertiary/aromatic N) is 4. The molecule has 1 aromatic heterocycles. The van der Waals surface area contributed by atoms with Gasteiger partial charge in [0.05, 0.1) is 5.69 Å². The van der Waals surface area contributed by atoms with Crippen molar-refractivity contribution >= 4 is 43.2 Å². The number of fused-ring (bicyclic) bond motifs is 2. The molecule has 40 heavy (non-hydrogen) atoms.